The lowest BCUT2D eigenvalue weighted by molar-refractivity contribution is 0.180. The van der Waals surface area contributed by atoms with Crippen molar-refractivity contribution in [2.24, 2.45) is 17.6 Å². The number of methoxy groups -OCH3 is 1. The molecule has 1 saturated carbocycles. The minimum atomic E-state index is -0.458. The van der Waals surface area contributed by atoms with Crippen LogP contribution in [-0.2, 0) is 5.54 Å². The van der Waals surface area contributed by atoms with E-state index in [9.17, 15) is 4.39 Å². The smallest absolute Gasteiger partial charge is 0.124 e. The molecule has 1 aliphatic rings. The maximum Gasteiger partial charge on any atom is 0.124 e. The maximum absolute atomic E-state index is 13.6. The van der Waals surface area contributed by atoms with Gasteiger partial charge in [0.25, 0.3) is 0 Å². The largest absolute Gasteiger partial charge is 0.496 e. The number of halogens is 1. The van der Waals surface area contributed by atoms with Crippen LogP contribution in [0.25, 0.3) is 0 Å². The summed E-state index contributed by atoms with van der Waals surface area (Å²) in [5.41, 5.74) is 6.97. The van der Waals surface area contributed by atoms with Gasteiger partial charge in [0.2, 0.25) is 0 Å². The second-order valence-electron chi connectivity index (χ2n) is 6.10. The first kappa shape index (κ1) is 14.3. The van der Waals surface area contributed by atoms with Gasteiger partial charge in [-0.1, -0.05) is 26.7 Å². The fourth-order valence-corrected chi connectivity index (χ4v) is 3.23. The van der Waals surface area contributed by atoms with Gasteiger partial charge in [0, 0.05) is 11.1 Å². The Morgan fingerprint density at radius 2 is 2.16 bits per heavy atom. The third-order valence-electron chi connectivity index (χ3n) is 4.46. The Morgan fingerprint density at radius 3 is 2.79 bits per heavy atom. The molecule has 2 N–H and O–H groups in total. The molecule has 0 saturated heterocycles. The van der Waals surface area contributed by atoms with Crippen molar-refractivity contribution in [1.82, 2.24) is 0 Å². The third-order valence-corrected chi connectivity index (χ3v) is 4.46. The van der Waals surface area contributed by atoms with Crippen LogP contribution in [0.4, 0.5) is 4.39 Å². The summed E-state index contributed by atoms with van der Waals surface area (Å²) in [7, 11) is 1.61. The van der Waals surface area contributed by atoms with Gasteiger partial charge >= 0.3 is 0 Å². The first-order valence-electron chi connectivity index (χ1n) is 7.09. The van der Waals surface area contributed by atoms with Crippen molar-refractivity contribution in [2.45, 2.75) is 45.1 Å². The van der Waals surface area contributed by atoms with E-state index in [1.165, 1.54) is 12.5 Å². The van der Waals surface area contributed by atoms with Gasteiger partial charge in [-0.3, -0.25) is 0 Å². The summed E-state index contributed by atoms with van der Waals surface area (Å²) in [5.74, 6) is 1.68. The van der Waals surface area contributed by atoms with Crippen molar-refractivity contribution in [3.8, 4) is 5.75 Å². The highest BCUT2D eigenvalue weighted by Gasteiger charge is 2.37. The highest BCUT2D eigenvalue weighted by atomic mass is 19.1. The van der Waals surface area contributed by atoms with E-state index in [-0.39, 0.29) is 5.82 Å². The van der Waals surface area contributed by atoms with Crippen LogP contribution in [-0.4, -0.2) is 7.11 Å². The number of benzene rings is 1. The second kappa shape index (κ2) is 5.49. The molecule has 0 amide bonds. The summed E-state index contributed by atoms with van der Waals surface area (Å²) in [5, 5.41) is 0. The van der Waals surface area contributed by atoms with Crippen LogP contribution < -0.4 is 10.5 Å². The van der Waals surface area contributed by atoms with E-state index in [0.29, 0.717) is 17.6 Å². The van der Waals surface area contributed by atoms with E-state index >= 15 is 0 Å². The van der Waals surface area contributed by atoms with Crippen molar-refractivity contribution in [3.05, 3.63) is 29.6 Å². The Kier molecular flexibility index (Phi) is 4.14. The highest BCUT2D eigenvalue weighted by molar-refractivity contribution is 5.40. The lowest BCUT2D eigenvalue weighted by atomic mass is 9.69. The zero-order chi connectivity index (χ0) is 14.0. The van der Waals surface area contributed by atoms with Crippen LogP contribution in [0.3, 0.4) is 0 Å². The number of nitrogens with two attached hydrogens (primary N) is 1. The van der Waals surface area contributed by atoms with Crippen LogP contribution in [0, 0.1) is 17.7 Å². The lowest BCUT2D eigenvalue weighted by Crippen LogP contribution is -2.42. The highest BCUT2D eigenvalue weighted by Crippen LogP contribution is 2.43. The SMILES string of the molecule is COc1ccc(F)cc1C1(N)CCCC(C(C)C)C1. The summed E-state index contributed by atoms with van der Waals surface area (Å²) in [6.07, 6.45) is 4.12. The summed E-state index contributed by atoms with van der Waals surface area (Å²) in [6, 6.07) is 4.65. The summed E-state index contributed by atoms with van der Waals surface area (Å²) in [4.78, 5) is 0. The van der Waals surface area contributed by atoms with E-state index in [0.717, 1.165) is 24.8 Å². The van der Waals surface area contributed by atoms with Gasteiger partial charge in [-0.25, -0.2) is 4.39 Å². The molecule has 106 valence electrons. The van der Waals surface area contributed by atoms with Gasteiger partial charge in [0.05, 0.1) is 7.11 Å². The molecule has 2 rings (SSSR count). The molecule has 0 aliphatic heterocycles. The molecule has 0 bridgehead atoms. The van der Waals surface area contributed by atoms with E-state index in [2.05, 4.69) is 13.8 Å². The molecule has 1 aromatic rings. The van der Waals surface area contributed by atoms with Crippen LogP contribution >= 0.6 is 0 Å². The molecule has 0 spiro atoms. The predicted octanol–water partition coefficient (Wildman–Crippen LogP) is 3.83. The topological polar surface area (TPSA) is 35.2 Å². The maximum atomic E-state index is 13.6. The second-order valence-corrected chi connectivity index (χ2v) is 6.10. The summed E-state index contributed by atoms with van der Waals surface area (Å²) < 4.78 is 18.9. The molecule has 0 aromatic heterocycles. The van der Waals surface area contributed by atoms with E-state index in [1.54, 1.807) is 19.2 Å². The number of hydrogen-bond acceptors (Lipinski definition) is 2. The monoisotopic (exact) mass is 265 g/mol. The lowest BCUT2D eigenvalue weighted by Gasteiger charge is -2.40. The Balaban J connectivity index is 2.35. The number of hydrogen-bond donors (Lipinski definition) is 1. The standard InChI is InChI=1S/C16H24FNO/c1-11(2)12-5-4-8-16(18,10-12)14-9-13(17)6-7-15(14)19-3/h6-7,9,11-12H,4-5,8,10,18H2,1-3H3. The van der Waals surface area contributed by atoms with Crippen LogP contribution in [0.15, 0.2) is 18.2 Å². The molecule has 1 aliphatic carbocycles. The summed E-state index contributed by atoms with van der Waals surface area (Å²) in [6.45, 7) is 4.47. The van der Waals surface area contributed by atoms with E-state index < -0.39 is 5.54 Å². The molecule has 2 nitrogen and oxygen atoms in total. The van der Waals surface area contributed by atoms with Gasteiger partial charge < -0.3 is 10.5 Å². The average Bonchev–Trinajstić information content (AvgIpc) is 2.38. The Morgan fingerprint density at radius 1 is 1.42 bits per heavy atom. The van der Waals surface area contributed by atoms with Gasteiger partial charge in [0.1, 0.15) is 11.6 Å². The molecule has 0 radical (unpaired) electrons. The molecule has 1 fully saturated rings. The minimum absolute atomic E-state index is 0.243. The van der Waals surface area contributed by atoms with E-state index in [1.807, 2.05) is 0 Å². The predicted molar refractivity (Wildman–Crippen MR) is 75.6 cm³/mol. The van der Waals surface area contributed by atoms with Crippen molar-refractivity contribution in [3.63, 3.8) is 0 Å². The molecule has 3 heteroatoms. The van der Waals surface area contributed by atoms with E-state index in [4.69, 9.17) is 10.5 Å². The van der Waals surface area contributed by atoms with Crippen LogP contribution in [0.1, 0.15) is 45.1 Å². The Labute approximate surface area is 115 Å². The van der Waals surface area contributed by atoms with Crippen LogP contribution in [0.5, 0.6) is 5.75 Å². The Bertz CT molecular complexity index is 446. The third kappa shape index (κ3) is 2.92. The number of rotatable bonds is 3. The molecule has 19 heavy (non-hydrogen) atoms. The molecular formula is C16H24FNO. The van der Waals surface area contributed by atoms with Gasteiger partial charge in [-0.2, -0.15) is 0 Å². The van der Waals surface area contributed by atoms with Crippen LogP contribution in [0.2, 0.25) is 0 Å². The molecule has 1 aromatic carbocycles. The van der Waals surface area contributed by atoms with Crippen molar-refractivity contribution in [2.75, 3.05) is 7.11 Å². The molecule has 2 unspecified atom stereocenters. The van der Waals surface area contributed by atoms with Crippen molar-refractivity contribution >= 4 is 0 Å². The van der Waals surface area contributed by atoms with Gasteiger partial charge in [-0.15, -0.1) is 0 Å². The molecule has 0 heterocycles. The Hall–Kier alpha value is -1.09. The zero-order valence-corrected chi connectivity index (χ0v) is 12.1. The molecular weight excluding hydrogens is 241 g/mol. The van der Waals surface area contributed by atoms with Gasteiger partial charge in [0.15, 0.2) is 0 Å². The first-order valence-corrected chi connectivity index (χ1v) is 7.09. The molecule has 2 atom stereocenters. The minimum Gasteiger partial charge on any atom is -0.496 e. The number of ether oxygens (including phenoxy) is 1. The fourth-order valence-electron chi connectivity index (χ4n) is 3.23. The summed E-state index contributed by atoms with van der Waals surface area (Å²) >= 11 is 0. The van der Waals surface area contributed by atoms with Crippen molar-refractivity contribution < 1.29 is 9.13 Å². The van der Waals surface area contributed by atoms with Gasteiger partial charge in [-0.05, 0) is 42.9 Å². The quantitative estimate of drug-likeness (QED) is 0.901. The fraction of sp³-hybridized carbons (Fsp3) is 0.625. The zero-order valence-electron chi connectivity index (χ0n) is 12.1. The first-order chi connectivity index (χ1) is 8.96. The van der Waals surface area contributed by atoms with Crippen molar-refractivity contribution in [1.29, 1.82) is 0 Å². The normalized spacial score (nSPS) is 27.6. The average molecular weight is 265 g/mol.